The fourth-order valence-corrected chi connectivity index (χ4v) is 5.12. The lowest BCUT2D eigenvalue weighted by Crippen LogP contribution is -2.36. The van der Waals surface area contributed by atoms with E-state index in [0.717, 1.165) is 0 Å². The molecule has 1 aromatic heterocycles. The Morgan fingerprint density at radius 3 is 2.02 bits per heavy atom. The van der Waals surface area contributed by atoms with E-state index in [-0.39, 0.29) is 61.4 Å². The smallest absolute Gasteiger partial charge is 0.344 e. The summed E-state index contributed by atoms with van der Waals surface area (Å²) in [5.74, 6) is -1.82. The predicted molar refractivity (Wildman–Crippen MR) is 162 cm³/mol. The number of carbonyl (C=O) groups excluding carboxylic acids is 5. The van der Waals surface area contributed by atoms with Gasteiger partial charge in [0.05, 0.1) is 36.6 Å². The largest absolute Gasteiger partial charge is 0.480 e. The number of ether oxygens (including phenoxy) is 4. The van der Waals surface area contributed by atoms with E-state index in [4.69, 9.17) is 23.9 Å². The fraction of sp³-hybridized carbons (Fsp3) is 0.273. The van der Waals surface area contributed by atoms with Crippen LogP contribution in [0, 0.1) is 0 Å². The Morgan fingerprint density at radius 2 is 1.38 bits per heavy atom. The number of benzene rings is 3. The molecule has 0 unspecified atom stereocenters. The monoisotopic (exact) mass is 613 g/mol. The van der Waals surface area contributed by atoms with Gasteiger partial charge in [0, 0.05) is 22.3 Å². The topological polar surface area (TPSA) is 154 Å². The maximum atomic E-state index is 13.5. The van der Waals surface area contributed by atoms with Crippen molar-refractivity contribution in [1.29, 1.82) is 0 Å². The number of nitrogens with zero attached hydrogens (tertiary/aromatic N) is 2. The fourth-order valence-electron chi connectivity index (χ4n) is 5.12. The number of carbonyl (C=O) groups is 5. The minimum Gasteiger partial charge on any atom is -0.480 e. The van der Waals surface area contributed by atoms with Crippen LogP contribution >= 0.6 is 0 Å². The van der Waals surface area contributed by atoms with Gasteiger partial charge >= 0.3 is 17.9 Å². The molecule has 1 heterocycles. The molecular weight excluding hydrogens is 582 g/mol. The number of ketones is 2. The molecule has 45 heavy (non-hydrogen) atoms. The van der Waals surface area contributed by atoms with Gasteiger partial charge in [-0.25, -0.2) is 9.78 Å². The van der Waals surface area contributed by atoms with Crippen LogP contribution in [0.4, 0.5) is 5.69 Å². The van der Waals surface area contributed by atoms with Crippen LogP contribution in [0.3, 0.4) is 0 Å². The van der Waals surface area contributed by atoms with Crippen LogP contribution in [0.1, 0.15) is 52.6 Å². The molecule has 0 saturated carbocycles. The molecule has 1 aliphatic rings. The molecule has 0 bridgehead atoms. The van der Waals surface area contributed by atoms with Crippen LogP contribution in [-0.2, 0) is 28.6 Å². The molecule has 5 rings (SSSR count). The Hall–Kier alpha value is -5.52. The molecule has 0 atom stereocenters. The number of esters is 3. The first-order chi connectivity index (χ1) is 21.7. The van der Waals surface area contributed by atoms with Crippen molar-refractivity contribution in [1.82, 2.24) is 9.97 Å². The molecule has 232 valence electrons. The average molecular weight is 614 g/mol. The number of imidazole rings is 1. The van der Waals surface area contributed by atoms with Gasteiger partial charge in [-0.05, 0) is 51.1 Å². The Kier molecular flexibility index (Phi) is 9.22. The van der Waals surface area contributed by atoms with Crippen molar-refractivity contribution in [3.63, 3.8) is 0 Å². The molecular formula is C33H31N3O9. The maximum Gasteiger partial charge on any atom is 0.344 e. The van der Waals surface area contributed by atoms with E-state index in [1.165, 1.54) is 4.90 Å². The third-order valence-corrected chi connectivity index (χ3v) is 7.02. The molecule has 12 heteroatoms. The van der Waals surface area contributed by atoms with Crippen molar-refractivity contribution < 1.29 is 42.9 Å². The van der Waals surface area contributed by atoms with Gasteiger partial charge in [-0.2, -0.15) is 0 Å². The number of fused-ring (bicyclic) bond motifs is 4. The summed E-state index contributed by atoms with van der Waals surface area (Å²) in [5, 5.41) is 0. The average Bonchev–Trinajstić information content (AvgIpc) is 3.47. The highest BCUT2D eigenvalue weighted by Crippen LogP contribution is 2.36. The number of hydrogen-bond acceptors (Lipinski definition) is 11. The third-order valence-electron chi connectivity index (χ3n) is 7.02. The van der Waals surface area contributed by atoms with E-state index in [1.54, 1.807) is 75.4 Å². The second-order valence-corrected chi connectivity index (χ2v) is 9.92. The molecule has 1 N–H and O–H groups in total. The van der Waals surface area contributed by atoms with E-state index < -0.39 is 24.5 Å². The lowest BCUT2D eigenvalue weighted by atomic mass is 9.83. The number of hydrogen-bond donors (Lipinski definition) is 1. The highest BCUT2D eigenvalue weighted by Gasteiger charge is 2.32. The van der Waals surface area contributed by atoms with Gasteiger partial charge in [0.15, 0.2) is 18.2 Å². The normalized spacial score (nSPS) is 11.9. The number of aromatic nitrogens is 2. The molecule has 0 fully saturated rings. The summed E-state index contributed by atoms with van der Waals surface area (Å²) in [7, 11) is 0. The van der Waals surface area contributed by atoms with Gasteiger partial charge < -0.3 is 28.8 Å². The van der Waals surface area contributed by atoms with E-state index >= 15 is 0 Å². The van der Waals surface area contributed by atoms with Crippen molar-refractivity contribution in [3.05, 3.63) is 76.9 Å². The summed E-state index contributed by atoms with van der Waals surface area (Å²) in [4.78, 5) is 73.2. The zero-order valence-electron chi connectivity index (χ0n) is 25.0. The lowest BCUT2D eigenvalue weighted by Gasteiger charge is -2.25. The van der Waals surface area contributed by atoms with Crippen molar-refractivity contribution in [2.75, 3.05) is 44.4 Å². The predicted octanol–water partition coefficient (Wildman–Crippen LogP) is 3.88. The summed E-state index contributed by atoms with van der Waals surface area (Å²) in [6.45, 7) is 4.42. The van der Waals surface area contributed by atoms with E-state index in [9.17, 15) is 24.0 Å². The molecule has 0 radical (unpaired) electrons. The Labute approximate surface area is 258 Å². The summed E-state index contributed by atoms with van der Waals surface area (Å²) in [5.41, 5.74) is 2.83. The van der Waals surface area contributed by atoms with Gasteiger partial charge in [0.1, 0.15) is 30.2 Å². The number of H-pyrrole nitrogens is 1. The van der Waals surface area contributed by atoms with Crippen molar-refractivity contribution >= 4 is 46.2 Å². The van der Waals surface area contributed by atoms with Crippen molar-refractivity contribution in [3.8, 4) is 17.1 Å². The standard InChI is InChI=1S/C33H31N3O9/c1-4-42-26(37)16-36(17-27(38)43-5-2)24-14-11-19(15-25(24)45-18-28(39)44-6-3)33-34-23-13-12-22-29(30(23)35-33)32(41)21-10-8-7-9-20(21)31(22)40/h7-15H,4-6,16-18H2,1-3H3,(H,34,35). The first kappa shape index (κ1) is 30.9. The van der Waals surface area contributed by atoms with Crippen LogP contribution in [0.5, 0.6) is 5.75 Å². The lowest BCUT2D eigenvalue weighted by molar-refractivity contribution is -0.146. The summed E-state index contributed by atoms with van der Waals surface area (Å²) < 4.78 is 21.1. The summed E-state index contributed by atoms with van der Waals surface area (Å²) >= 11 is 0. The zero-order chi connectivity index (χ0) is 32.1. The number of anilines is 1. The van der Waals surface area contributed by atoms with Crippen LogP contribution in [0.2, 0.25) is 0 Å². The molecule has 4 aromatic rings. The zero-order valence-corrected chi connectivity index (χ0v) is 25.0. The van der Waals surface area contributed by atoms with Gasteiger partial charge in [-0.1, -0.05) is 24.3 Å². The Morgan fingerprint density at radius 1 is 0.756 bits per heavy atom. The SMILES string of the molecule is CCOC(=O)COc1cc(-c2nc3c4c(ccc3[nH]2)C(=O)c2ccccc2C4=O)ccc1N(CC(=O)OCC)CC(=O)OCC. The van der Waals surface area contributed by atoms with Crippen LogP contribution in [0.15, 0.2) is 54.6 Å². The first-order valence-corrected chi connectivity index (χ1v) is 14.5. The van der Waals surface area contributed by atoms with Crippen molar-refractivity contribution in [2.45, 2.75) is 20.8 Å². The number of aromatic amines is 1. The molecule has 3 aromatic carbocycles. The van der Waals surface area contributed by atoms with Gasteiger partial charge in [-0.15, -0.1) is 0 Å². The Balaban J connectivity index is 1.57. The molecule has 0 amide bonds. The molecule has 0 spiro atoms. The van der Waals surface area contributed by atoms with Crippen LogP contribution in [0.25, 0.3) is 22.4 Å². The molecule has 1 aliphatic carbocycles. The highest BCUT2D eigenvalue weighted by molar-refractivity contribution is 6.31. The number of nitrogens with one attached hydrogen (secondary N) is 1. The van der Waals surface area contributed by atoms with E-state index in [0.29, 0.717) is 39.2 Å². The second kappa shape index (κ2) is 13.4. The molecule has 12 nitrogen and oxygen atoms in total. The maximum absolute atomic E-state index is 13.5. The van der Waals surface area contributed by atoms with Crippen molar-refractivity contribution in [2.24, 2.45) is 0 Å². The quantitative estimate of drug-likeness (QED) is 0.161. The summed E-state index contributed by atoms with van der Waals surface area (Å²) in [6.07, 6.45) is 0. The van der Waals surface area contributed by atoms with E-state index in [2.05, 4.69) is 4.98 Å². The third kappa shape index (κ3) is 6.40. The van der Waals surface area contributed by atoms with Gasteiger partial charge in [0.2, 0.25) is 0 Å². The highest BCUT2D eigenvalue weighted by atomic mass is 16.6. The first-order valence-electron chi connectivity index (χ1n) is 14.5. The number of rotatable bonds is 12. The minimum atomic E-state index is -0.616. The minimum absolute atomic E-state index is 0.146. The molecule has 0 aliphatic heterocycles. The van der Waals surface area contributed by atoms with Crippen LogP contribution in [-0.4, -0.2) is 79.0 Å². The van der Waals surface area contributed by atoms with Gasteiger partial charge in [0.25, 0.3) is 0 Å². The van der Waals surface area contributed by atoms with Crippen LogP contribution < -0.4 is 9.64 Å². The van der Waals surface area contributed by atoms with E-state index in [1.807, 2.05) is 0 Å². The summed E-state index contributed by atoms with van der Waals surface area (Å²) in [6, 6.07) is 14.9. The molecule has 0 saturated heterocycles. The van der Waals surface area contributed by atoms with Gasteiger partial charge in [-0.3, -0.25) is 19.2 Å². The Bertz CT molecular complexity index is 1790. The second-order valence-electron chi connectivity index (χ2n) is 9.92.